The first-order valence-electron chi connectivity index (χ1n) is 6.84. The van der Waals surface area contributed by atoms with Crippen LogP contribution in [-0.4, -0.2) is 42.1 Å². The number of hydrogen-bond acceptors (Lipinski definition) is 4. The molecule has 0 bridgehead atoms. The zero-order valence-corrected chi connectivity index (χ0v) is 12.1. The minimum absolute atomic E-state index is 0.114. The van der Waals surface area contributed by atoms with Crippen LogP contribution >= 0.6 is 0 Å². The topological polar surface area (TPSA) is 104 Å². The molecular weight excluding hydrogens is 306 g/mol. The minimum atomic E-state index is -0.783. The van der Waals surface area contributed by atoms with Crippen molar-refractivity contribution in [1.82, 2.24) is 15.5 Å². The molecule has 0 unspecified atom stereocenters. The fourth-order valence-electron chi connectivity index (χ4n) is 2.91. The monoisotopic (exact) mass is 319 g/mol. The molecule has 0 saturated carbocycles. The minimum Gasteiger partial charge on any atom is -0.472 e. The second kappa shape index (κ2) is 5.75. The van der Waals surface area contributed by atoms with E-state index in [1.165, 1.54) is 13.1 Å². The summed E-state index contributed by atoms with van der Waals surface area (Å²) in [6.07, 6.45) is 0.681. The van der Waals surface area contributed by atoms with Gasteiger partial charge in [0, 0.05) is 24.0 Å². The fourth-order valence-corrected chi connectivity index (χ4v) is 2.91. The van der Waals surface area contributed by atoms with Gasteiger partial charge in [0.1, 0.15) is 12.5 Å². The molecule has 9 heteroatoms. The van der Waals surface area contributed by atoms with E-state index >= 15 is 0 Å². The van der Waals surface area contributed by atoms with E-state index in [0.29, 0.717) is 23.1 Å². The number of aromatic amines is 1. The maximum atomic E-state index is 13.7. The van der Waals surface area contributed by atoms with E-state index in [1.807, 2.05) is 0 Å². The van der Waals surface area contributed by atoms with Gasteiger partial charge in [-0.3, -0.25) is 9.79 Å². The van der Waals surface area contributed by atoms with E-state index in [0.717, 1.165) is 6.07 Å². The Hall–Kier alpha value is -2.84. The summed E-state index contributed by atoms with van der Waals surface area (Å²) in [7, 11) is 1.48. The fraction of sp³-hybridized carbons (Fsp3) is 0.286. The number of nitrogens with zero attached hydrogens (tertiary/aromatic N) is 3. The van der Waals surface area contributed by atoms with Crippen molar-refractivity contribution >= 4 is 28.6 Å². The number of halogens is 2. The highest BCUT2D eigenvalue weighted by molar-refractivity contribution is 6.05. The van der Waals surface area contributed by atoms with Crippen LogP contribution in [0.5, 0.6) is 0 Å². The molecular formula is C14H13F2N6O-. The molecule has 120 valence electrons. The Morgan fingerprint density at radius 2 is 2.35 bits per heavy atom. The molecule has 0 radical (unpaired) electrons. The molecule has 2 atom stereocenters. The van der Waals surface area contributed by atoms with Crippen LogP contribution in [-0.2, 0) is 0 Å². The SMILES string of the molecule is CN=C(NC=[N-])[C@H]1c2n[nH]c(=O)c3cc(F)cc(c23)N[C@@H]1CF. The highest BCUT2D eigenvalue weighted by Crippen LogP contribution is 2.37. The maximum Gasteiger partial charge on any atom is 0.272 e. The van der Waals surface area contributed by atoms with Crippen molar-refractivity contribution < 1.29 is 8.78 Å². The number of hydrogen-bond donors (Lipinski definition) is 3. The number of alkyl halides is 1. The molecule has 0 amide bonds. The standard InChI is InChI=1S/C14H13F2N6O/c1-18-13(19-5-17)11-9(4-15)20-8-3-6(16)2-7-10(8)12(11)21-22-14(7)23/h2-3,5,9,11H,4H2,1H3,(H3-,17,18,19,20,21,22,23)/q-1/t9-,11-/m1/s1. The Morgan fingerprint density at radius 1 is 1.57 bits per heavy atom. The number of nitrogens with one attached hydrogen (secondary N) is 3. The van der Waals surface area contributed by atoms with Gasteiger partial charge in [-0.05, 0) is 12.1 Å². The quantitative estimate of drug-likeness (QED) is 0.582. The highest BCUT2D eigenvalue weighted by atomic mass is 19.1. The van der Waals surface area contributed by atoms with E-state index in [9.17, 15) is 13.6 Å². The molecule has 0 fully saturated rings. The van der Waals surface area contributed by atoms with E-state index in [2.05, 4.69) is 25.8 Å². The smallest absolute Gasteiger partial charge is 0.272 e. The van der Waals surface area contributed by atoms with E-state index in [4.69, 9.17) is 5.41 Å². The van der Waals surface area contributed by atoms with Crippen molar-refractivity contribution in [3.8, 4) is 0 Å². The molecule has 0 aliphatic carbocycles. The highest BCUT2D eigenvalue weighted by Gasteiger charge is 2.34. The number of benzene rings is 1. The molecule has 23 heavy (non-hydrogen) atoms. The van der Waals surface area contributed by atoms with Crippen LogP contribution in [0.1, 0.15) is 11.6 Å². The number of aliphatic imine (C=N–C) groups is 1. The Bertz CT molecular complexity index is 862. The normalized spacial score (nSPS) is 20.2. The number of amidine groups is 1. The molecule has 1 aliphatic heterocycles. The molecule has 2 heterocycles. The first-order chi connectivity index (χ1) is 11.1. The van der Waals surface area contributed by atoms with Crippen molar-refractivity contribution in [3.63, 3.8) is 0 Å². The molecule has 3 N–H and O–H groups in total. The Morgan fingerprint density at radius 3 is 3.00 bits per heavy atom. The first-order valence-corrected chi connectivity index (χ1v) is 6.84. The van der Waals surface area contributed by atoms with E-state index in [1.54, 1.807) is 0 Å². The predicted molar refractivity (Wildman–Crippen MR) is 84.4 cm³/mol. The van der Waals surface area contributed by atoms with Gasteiger partial charge in [0.25, 0.3) is 5.56 Å². The van der Waals surface area contributed by atoms with Crippen LogP contribution in [0.25, 0.3) is 16.2 Å². The number of H-pyrrole nitrogens is 1. The number of anilines is 1. The van der Waals surface area contributed by atoms with Crippen molar-refractivity contribution in [2.75, 3.05) is 19.0 Å². The van der Waals surface area contributed by atoms with Gasteiger partial charge in [0.05, 0.1) is 23.0 Å². The van der Waals surface area contributed by atoms with Gasteiger partial charge >= 0.3 is 0 Å². The van der Waals surface area contributed by atoms with Gasteiger partial charge in [-0.25, -0.2) is 13.9 Å². The van der Waals surface area contributed by atoms with Gasteiger partial charge in [-0.1, -0.05) is 0 Å². The molecule has 3 rings (SSSR count). The summed E-state index contributed by atoms with van der Waals surface area (Å²) >= 11 is 0. The lowest BCUT2D eigenvalue weighted by Crippen LogP contribution is -2.43. The van der Waals surface area contributed by atoms with Crippen molar-refractivity contribution in [1.29, 1.82) is 0 Å². The predicted octanol–water partition coefficient (Wildman–Crippen LogP) is 1.12. The summed E-state index contributed by atoms with van der Waals surface area (Å²) in [5.74, 6) is -1.03. The lowest BCUT2D eigenvalue weighted by atomic mass is 9.87. The second-order valence-corrected chi connectivity index (χ2v) is 5.08. The van der Waals surface area contributed by atoms with Crippen LogP contribution in [0.4, 0.5) is 14.5 Å². The summed E-state index contributed by atoms with van der Waals surface area (Å²) in [6.45, 7) is -0.783. The second-order valence-electron chi connectivity index (χ2n) is 5.08. The Balaban J connectivity index is 2.32. The van der Waals surface area contributed by atoms with Crippen LogP contribution in [0.15, 0.2) is 21.9 Å². The van der Waals surface area contributed by atoms with Crippen LogP contribution in [0.2, 0.25) is 0 Å². The molecule has 1 aromatic heterocycles. The lowest BCUT2D eigenvalue weighted by molar-refractivity contribution is 0.427. The van der Waals surface area contributed by atoms with E-state index < -0.39 is 30.0 Å². The van der Waals surface area contributed by atoms with Gasteiger partial charge < -0.3 is 16.0 Å². The van der Waals surface area contributed by atoms with Crippen LogP contribution in [0.3, 0.4) is 0 Å². The summed E-state index contributed by atoms with van der Waals surface area (Å²) < 4.78 is 27.2. The van der Waals surface area contributed by atoms with Crippen molar-refractivity contribution in [2.24, 2.45) is 4.99 Å². The van der Waals surface area contributed by atoms with Gasteiger partial charge in [-0.15, -0.1) is 6.34 Å². The van der Waals surface area contributed by atoms with Gasteiger partial charge in [-0.2, -0.15) is 5.10 Å². The third kappa shape index (κ3) is 2.33. The Kier molecular flexibility index (Phi) is 3.77. The lowest BCUT2D eigenvalue weighted by Gasteiger charge is -2.34. The Labute approximate surface area is 129 Å². The number of rotatable bonds is 3. The largest absolute Gasteiger partial charge is 0.472 e. The first kappa shape index (κ1) is 15.1. The van der Waals surface area contributed by atoms with E-state index in [-0.39, 0.29) is 11.2 Å². The maximum absolute atomic E-state index is 13.7. The van der Waals surface area contributed by atoms with Crippen molar-refractivity contribution in [2.45, 2.75) is 12.0 Å². The van der Waals surface area contributed by atoms with Crippen LogP contribution in [0, 0.1) is 5.82 Å². The molecule has 0 saturated heterocycles. The summed E-state index contributed by atoms with van der Waals surface area (Å²) in [5.41, 5.74) is 0.113. The van der Waals surface area contributed by atoms with Gasteiger partial charge in [0.2, 0.25) is 0 Å². The number of aromatic nitrogens is 2. The summed E-state index contributed by atoms with van der Waals surface area (Å²) in [6, 6.07) is 1.52. The molecule has 7 nitrogen and oxygen atoms in total. The average Bonchev–Trinajstić information content (AvgIpc) is 2.55. The van der Waals surface area contributed by atoms with Crippen LogP contribution < -0.4 is 16.2 Å². The van der Waals surface area contributed by atoms with Crippen molar-refractivity contribution in [3.05, 3.63) is 39.4 Å². The average molecular weight is 319 g/mol. The third-order valence-corrected chi connectivity index (χ3v) is 3.83. The van der Waals surface area contributed by atoms with Gasteiger partial charge in [0.15, 0.2) is 0 Å². The zero-order chi connectivity index (χ0) is 16.6. The molecule has 2 aromatic rings. The molecule has 0 spiro atoms. The zero-order valence-electron chi connectivity index (χ0n) is 12.1. The summed E-state index contributed by atoms with van der Waals surface area (Å²) in [4.78, 5) is 15.9. The molecule has 1 aliphatic rings. The summed E-state index contributed by atoms with van der Waals surface area (Å²) in [5, 5.41) is 21.2. The molecule has 1 aromatic carbocycles. The third-order valence-electron chi connectivity index (χ3n) is 3.83.